The molecule has 10 heteroatoms. The number of aromatic nitrogens is 1. The van der Waals surface area contributed by atoms with Crippen molar-refractivity contribution in [2.75, 3.05) is 17.8 Å². The van der Waals surface area contributed by atoms with Gasteiger partial charge in [-0.2, -0.15) is 24.4 Å². The van der Waals surface area contributed by atoms with E-state index in [9.17, 15) is 19.5 Å². The molecule has 0 spiro atoms. The van der Waals surface area contributed by atoms with Crippen LogP contribution in [0.2, 0.25) is 0 Å². The highest BCUT2D eigenvalue weighted by Crippen LogP contribution is 2.18. The van der Waals surface area contributed by atoms with E-state index in [0.29, 0.717) is 12.2 Å². The van der Waals surface area contributed by atoms with Crippen LogP contribution in [-0.4, -0.2) is 63.8 Å². The molecule has 1 aromatic carbocycles. The van der Waals surface area contributed by atoms with Crippen molar-refractivity contribution < 1.29 is 19.5 Å². The second-order valence-corrected chi connectivity index (χ2v) is 7.95. The zero-order chi connectivity index (χ0) is 21.4. The highest BCUT2D eigenvalue weighted by molar-refractivity contribution is 7.98. The summed E-state index contributed by atoms with van der Waals surface area (Å²) in [7, 11) is 0. The number of carboxylic acid groups (broad SMARTS) is 1. The lowest BCUT2D eigenvalue weighted by atomic mass is 10.0. The van der Waals surface area contributed by atoms with Crippen LogP contribution in [0.15, 0.2) is 30.5 Å². The van der Waals surface area contributed by atoms with E-state index in [-0.39, 0.29) is 12.2 Å². The largest absolute Gasteiger partial charge is 0.480 e. The molecule has 0 saturated heterocycles. The van der Waals surface area contributed by atoms with E-state index >= 15 is 0 Å². The lowest BCUT2D eigenvalue weighted by Gasteiger charge is -2.21. The van der Waals surface area contributed by atoms with E-state index < -0.39 is 35.9 Å². The van der Waals surface area contributed by atoms with Crippen molar-refractivity contribution in [2.45, 2.75) is 31.0 Å². The maximum atomic E-state index is 12.5. The van der Waals surface area contributed by atoms with Gasteiger partial charge in [-0.3, -0.25) is 9.59 Å². The number of rotatable bonds is 11. The lowest BCUT2D eigenvalue weighted by Crippen LogP contribution is -2.55. The number of thioether (sulfide) groups is 1. The lowest BCUT2D eigenvalue weighted by molar-refractivity contribution is -0.142. The summed E-state index contributed by atoms with van der Waals surface area (Å²) in [6.45, 7) is 0. The van der Waals surface area contributed by atoms with Gasteiger partial charge in [-0.15, -0.1) is 0 Å². The molecule has 8 nitrogen and oxygen atoms in total. The normalized spacial score (nSPS) is 14.2. The monoisotopic (exact) mass is 438 g/mol. The number of carbonyl (C=O) groups excluding carboxylic acids is 2. The SMILES string of the molecule is CSCC[C@H](NC(=O)[C@H](CS)NC(=O)[C@@H](N)Cc1c[nH]c2ccccc12)C(=O)O. The number of carbonyl (C=O) groups is 3. The number of hydrogen-bond donors (Lipinski definition) is 6. The Bertz CT molecular complexity index is 858. The third-order valence-corrected chi connectivity index (χ3v) is 5.50. The quantitative estimate of drug-likeness (QED) is 0.287. The predicted molar refractivity (Wildman–Crippen MR) is 118 cm³/mol. The number of amides is 2. The average Bonchev–Trinajstić information content (AvgIpc) is 3.11. The fourth-order valence-electron chi connectivity index (χ4n) is 2.87. The average molecular weight is 439 g/mol. The van der Waals surface area contributed by atoms with Gasteiger partial charge < -0.3 is 26.5 Å². The Hall–Kier alpha value is -2.17. The minimum absolute atomic E-state index is 0.0201. The molecule has 1 heterocycles. The number of para-hydroxylation sites is 1. The van der Waals surface area contributed by atoms with E-state index in [4.69, 9.17) is 5.73 Å². The van der Waals surface area contributed by atoms with E-state index in [2.05, 4.69) is 28.2 Å². The van der Waals surface area contributed by atoms with Crippen molar-refractivity contribution in [1.82, 2.24) is 15.6 Å². The molecule has 6 N–H and O–H groups in total. The summed E-state index contributed by atoms with van der Waals surface area (Å²) in [6.07, 6.45) is 4.24. The molecule has 0 aliphatic rings. The highest BCUT2D eigenvalue weighted by atomic mass is 32.2. The van der Waals surface area contributed by atoms with Gasteiger partial charge in [0.15, 0.2) is 0 Å². The number of thiol groups is 1. The maximum Gasteiger partial charge on any atom is 0.326 e. The van der Waals surface area contributed by atoms with E-state index in [1.54, 1.807) is 0 Å². The van der Waals surface area contributed by atoms with E-state index in [0.717, 1.165) is 16.5 Å². The smallest absolute Gasteiger partial charge is 0.326 e. The Morgan fingerprint density at radius 3 is 2.55 bits per heavy atom. The van der Waals surface area contributed by atoms with Gasteiger partial charge in [-0.05, 0) is 36.5 Å². The molecule has 0 bridgehead atoms. The molecule has 0 radical (unpaired) electrons. The number of aromatic amines is 1. The first kappa shape index (κ1) is 23.1. The van der Waals surface area contributed by atoms with E-state index in [1.807, 2.05) is 36.7 Å². The minimum Gasteiger partial charge on any atom is -0.480 e. The maximum absolute atomic E-state index is 12.5. The molecule has 0 aliphatic heterocycles. The molecule has 2 rings (SSSR count). The molecule has 0 unspecified atom stereocenters. The fraction of sp³-hybridized carbons (Fsp3) is 0.421. The number of benzene rings is 1. The van der Waals surface area contributed by atoms with Crippen molar-refractivity contribution in [3.8, 4) is 0 Å². The van der Waals surface area contributed by atoms with E-state index in [1.165, 1.54) is 11.8 Å². The summed E-state index contributed by atoms with van der Waals surface area (Å²) in [5, 5.41) is 15.3. The van der Waals surface area contributed by atoms with Crippen LogP contribution in [0.5, 0.6) is 0 Å². The van der Waals surface area contributed by atoms with Crippen molar-refractivity contribution in [3.05, 3.63) is 36.0 Å². The Morgan fingerprint density at radius 2 is 1.90 bits per heavy atom. The summed E-state index contributed by atoms with van der Waals surface area (Å²) < 4.78 is 0. The van der Waals surface area contributed by atoms with Gasteiger partial charge in [-0.1, -0.05) is 18.2 Å². The van der Waals surface area contributed by atoms with Crippen LogP contribution in [0.3, 0.4) is 0 Å². The van der Waals surface area contributed by atoms with Crippen LogP contribution >= 0.6 is 24.4 Å². The van der Waals surface area contributed by atoms with Gasteiger partial charge in [0.25, 0.3) is 0 Å². The summed E-state index contributed by atoms with van der Waals surface area (Å²) >= 11 is 5.59. The molecule has 0 fully saturated rings. The summed E-state index contributed by atoms with van der Waals surface area (Å²) in [4.78, 5) is 39.3. The number of nitrogens with one attached hydrogen (secondary N) is 3. The summed E-state index contributed by atoms with van der Waals surface area (Å²) in [5.41, 5.74) is 7.89. The molecule has 158 valence electrons. The van der Waals surface area contributed by atoms with Crippen LogP contribution in [0.25, 0.3) is 10.9 Å². The Kier molecular flexibility index (Phi) is 8.87. The van der Waals surface area contributed by atoms with Gasteiger partial charge in [-0.25, -0.2) is 4.79 Å². The first-order valence-electron chi connectivity index (χ1n) is 9.11. The Labute approximate surface area is 178 Å². The molecule has 0 aliphatic carbocycles. The van der Waals surface area contributed by atoms with Crippen molar-refractivity contribution in [1.29, 1.82) is 0 Å². The minimum atomic E-state index is -1.12. The van der Waals surface area contributed by atoms with Gasteiger partial charge in [0.1, 0.15) is 12.1 Å². The summed E-state index contributed by atoms with van der Waals surface area (Å²) in [5.74, 6) is -1.61. The molecule has 29 heavy (non-hydrogen) atoms. The standard InChI is InChI=1S/C19H26N4O4S2/c1-29-7-6-15(19(26)27)22-18(25)16(10-28)23-17(24)13(20)8-11-9-21-14-5-3-2-4-12(11)14/h2-5,9,13,15-16,21,28H,6-8,10,20H2,1H3,(H,22,25)(H,23,24)(H,26,27)/t13-,15-,16-/m0/s1. The predicted octanol–water partition coefficient (Wildman–Crippen LogP) is 0.775. The fourth-order valence-corrected chi connectivity index (χ4v) is 3.60. The number of carboxylic acids is 1. The van der Waals surface area contributed by atoms with Gasteiger partial charge in [0.2, 0.25) is 11.8 Å². The van der Waals surface area contributed by atoms with Gasteiger partial charge in [0, 0.05) is 22.9 Å². The number of fused-ring (bicyclic) bond motifs is 1. The number of aliphatic carboxylic acids is 1. The van der Waals surface area contributed by atoms with Crippen LogP contribution in [0, 0.1) is 0 Å². The molecule has 3 atom stereocenters. The van der Waals surface area contributed by atoms with Gasteiger partial charge in [0.05, 0.1) is 6.04 Å². The highest BCUT2D eigenvalue weighted by Gasteiger charge is 2.27. The first-order chi connectivity index (χ1) is 13.9. The number of nitrogens with two attached hydrogens (primary N) is 1. The third-order valence-electron chi connectivity index (χ3n) is 4.49. The number of hydrogen-bond acceptors (Lipinski definition) is 6. The van der Waals surface area contributed by atoms with Crippen molar-refractivity contribution in [2.24, 2.45) is 5.73 Å². The first-order valence-corrected chi connectivity index (χ1v) is 11.1. The van der Waals surface area contributed by atoms with Crippen LogP contribution < -0.4 is 16.4 Å². The summed E-state index contributed by atoms with van der Waals surface area (Å²) in [6, 6.07) is 4.83. The van der Waals surface area contributed by atoms with Crippen molar-refractivity contribution >= 4 is 53.1 Å². The second-order valence-electron chi connectivity index (χ2n) is 6.59. The molecular weight excluding hydrogens is 412 g/mol. The molecule has 2 amide bonds. The number of H-pyrrole nitrogens is 1. The van der Waals surface area contributed by atoms with Crippen LogP contribution in [-0.2, 0) is 20.8 Å². The third kappa shape index (κ3) is 6.41. The van der Waals surface area contributed by atoms with Gasteiger partial charge >= 0.3 is 5.97 Å². The molecule has 1 aromatic heterocycles. The zero-order valence-corrected chi connectivity index (χ0v) is 17.8. The topological polar surface area (TPSA) is 137 Å². The Morgan fingerprint density at radius 1 is 1.21 bits per heavy atom. The molecular formula is C19H26N4O4S2. The molecule has 0 saturated carbocycles. The Balaban J connectivity index is 1.97. The van der Waals surface area contributed by atoms with Crippen LogP contribution in [0.1, 0.15) is 12.0 Å². The van der Waals surface area contributed by atoms with Crippen LogP contribution in [0.4, 0.5) is 0 Å². The molecule has 2 aromatic rings. The zero-order valence-electron chi connectivity index (χ0n) is 16.1. The second kappa shape index (κ2) is 11.1. The van der Waals surface area contributed by atoms with Crippen molar-refractivity contribution in [3.63, 3.8) is 0 Å².